The summed E-state index contributed by atoms with van der Waals surface area (Å²) in [6, 6.07) is 0. The van der Waals surface area contributed by atoms with Gasteiger partial charge >= 0.3 is 5.97 Å². The van der Waals surface area contributed by atoms with Crippen molar-refractivity contribution in [3.8, 4) is 0 Å². The Bertz CT molecular complexity index is 543. The minimum absolute atomic E-state index is 0.0567. The summed E-state index contributed by atoms with van der Waals surface area (Å²) < 4.78 is 5.38. The number of carbonyl (C=O) groups is 4. The molecule has 1 aliphatic carbocycles. The number of piperidine rings is 1. The molecular formula is C17H25NO6. The van der Waals surface area contributed by atoms with Crippen LogP contribution in [0.15, 0.2) is 0 Å². The summed E-state index contributed by atoms with van der Waals surface area (Å²) >= 11 is 0. The molecule has 1 saturated carbocycles. The Hall–Kier alpha value is -1.76. The molecule has 1 aliphatic heterocycles. The highest BCUT2D eigenvalue weighted by Crippen LogP contribution is 2.39. The van der Waals surface area contributed by atoms with E-state index >= 15 is 0 Å². The summed E-state index contributed by atoms with van der Waals surface area (Å²) in [4.78, 5) is 46.7. The van der Waals surface area contributed by atoms with Crippen LogP contribution in [0.1, 0.15) is 52.9 Å². The largest absolute Gasteiger partial charge is 0.460 e. The molecule has 2 N–H and O–H groups in total. The van der Waals surface area contributed by atoms with Crippen molar-refractivity contribution in [1.29, 1.82) is 0 Å². The molecule has 24 heavy (non-hydrogen) atoms. The van der Waals surface area contributed by atoms with Gasteiger partial charge in [-0.05, 0) is 32.1 Å². The number of Topliss-reactive ketones (excluding diaryl/α,β-unsaturated/α-hetero) is 1. The molecule has 0 bridgehead atoms. The van der Waals surface area contributed by atoms with Crippen LogP contribution in [0.4, 0.5) is 0 Å². The van der Waals surface area contributed by atoms with E-state index in [-0.39, 0.29) is 55.1 Å². The predicted molar refractivity (Wildman–Crippen MR) is 83.6 cm³/mol. The summed E-state index contributed by atoms with van der Waals surface area (Å²) in [7, 11) is 0. The number of ether oxygens (including phenoxy) is 1. The standard InChI is InChI=1S/C17H25NO6/c1-9-7-17(3,24-10(2)19)8-12(16(9)23)13(20)4-11-5-14(21)18-15(22)6-11/h9,11-13,20H,4-8H2,1-3H3,(H,18,21,22)/t9-,12+,13-,17+/m0/s1. The van der Waals surface area contributed by atoms with Crippen molar-refractivity contribution in [2.45, 2.75) is 64.6 Å². The summed E-state index contributed by atoms with van der Waals surface area (Å²) in [6.07, 6.45) is 0.265. The average Bonchev–Trinajstić information content (AvgIpc) is 2.40. The van der Waals surface area contributed by atoms with Gasteiger partial charge in [-0.3, -0.25) is 24.5 Å². The molecular weight excluding hydrogens is 314 g/mol. The third kappa shape index (κ3) is 4.41. The van der Waals surface area contributed by atoms with E-state index in [0.29, 0.717) is 6.42 Å². The van der Waals surface area contributed by atoms with Gasteiger partial charge in [0, 0.05) is 31.6 Å². The number of hydrogen-bond acceptors (Lipinski definition) is 6. The van der Waals surface area contributed by atoms with Crippen molar-refractivity contribution >= 4 is 23.6 Å². The summed E-state index contributed by atoms with van der Waals surface area (Å²) in [6.45, 7) is 4.86. The van der Waals surface area contributed by atoms with E-state index in [9.17, 15) is 24.3 Å². The third-order valence-corrected chi connectivity index (χ3v) is 4.90. The van der Waals surface area contributed by atoms with Crippen LogP contribution in [0.5, 0.6) is 0 Å². The smallest absolute Gasteiger partial charge is 0.303 e. The van der Waals surface area contributed by atoms with E-state index in [4.69, 9.17) is 4.74 Å². The van der Waals surface area contributed by atoms with Gasteiger partial charge in [0.25, 0.3) is 0 Å². The number of ketones is 1. The SMILES string of the molecule is CC(=O)O[C@]1(C)C[C@H](C)C(=O)[C@@H]([C@@H](O)CC2CC(=O)NC(=O)C2)C1. The lowest BCUT2D eigenvalue weighted by molar-refractivity contribution is -0.169. The summed E-state index contributed by atoms with van der Waals surface area (Å²) in [5.41, 5.74) is -0.787. The fourth-order valence-corrected chi connectivity index (χ4v) is 4.05. The Morgan fingerprint density at radius 1 is 1.29 bits per heavy atom. The highest BCUT2D eigenvalue weighted by molar-refractivity contribution is 5.97. The molecule has 0 aromatic rings. The van der Waals surface area contributed by atoms with Gasteiger partial charge in [-0.1, -0.05) is 6.92 Å². The molecule has 7 nitrogen and oxygen atoms in total. The zero-order valence-corrected chi connectivity index (χ0v) is 14.3. The van der Waals surface area contributed by atoms with Gasteiger partial charge in [0.2, 0.25) is 11.8 Å². The van der Waals surface area contributed by atoms with Crippen molar-refractivity contribution < 1.29 is 29.0 Å². The molecule has 0 aromatic carbocycles. The van der Waals surface area contributed by atoms with Crippen molar-refractivity contribution in [3.05, 3.63) is 0 Å². The topological polar surface area (TPSA) is 110 Å². The highest BCUT2D eigenvalue weighted by atomic mass is 16.6. The van der Waals surface area contributed by atoms with Crippen LogP contribution in [0.3, 0.4) is 0 Å². The number of aliphatic hydroxyl groups is 1. The fourth-order valence-electron chi connectivity index (χ4n) is 4.05. The number of aliphatic hydroxyl groups excluding tert-OH is 1. The van der Waals surface area contributed by atoms with Crippen molar-refractivity contribution in [2.24, 2.45) is 17.8 Å². The van der Waals surface area contributed by atoms with E-state index in [1.807, 2.05) is 0 Å². The van der Waals surface area contributed by atoms with E-state index < -0.39 is 23.6 Å². The van der Waals surface area contributed by atoms with Gasteiger partial charge in [-0.15, -0.1) is 0 Å². The molecule has 0 spiro atoms. The number of rotatable bonds is 4. The molecule has 4 atom stereocenters. The van der Waals surface area contributed by atoms with Gasteiger partial charge < -0.3 is 9.84 Å². The first-order valence-electron chi connectivity index (χ1n) is 8.33. The first kappa shape index (κ1) is 18.6. The van der Waals surface area contributed by atoms with Crippen LogP contribution in [-0.4, -0.2) is 40.4 Å². The Morgan fingerprint density at radius 2 is 1.88 bits per heavy atom. The third-order valence-electron chi connectivity index (χ3n) is 4.90. The monoisotopic (exact) mass is 339 g/mol. The van der Waals surface area contributed by atoms with Gasteiger partial charge in [0.05, 0.1) is 6.10 Å². The lowest BCUT2D eigenvalue weighted by atomic mass is 9.69. The van der Waals surface area contributed by atoms with Crippen LogP contribution < -0.4 is 5.32 Å². The number of nitrogens with one attached hydrogen (secondary N) is 1. The Morgan fingerprint density at radius 3 is 2.42 bits per heavy atom. The number of amides is 2. The molecule has 2 rings (SSSR count). The van der Waals surface area contributed by atoms with Gasteiger partial charge in [0.15, 0.2) is 0 Å². The molecule has 7 heteroatoms. The normalized spacial score (nSPS) is 33.1. The second kappa shape index (κ2) is 7.01. The van der Waals surface area contributed by atoms with Crippen LogP contribution >= 0.6 is 0 Å². The van der Waals surface area contributed by atoms with E-state index in [2.05, 4.69) is 5.32 Å². The minimum atomic E-state index is -0.959. The Kier molecular flexibility index (Phi) is 5.42. The van der Waals surface area contributed by atoms with Gasteiger partial charge in [-0.2, -0.15) is 0 Å². The van der Waals surface area contributed by atoms with Gasteiger partial charge in [0.1, 0.15) is 11.4 Å². The van der Waals surface area contributed by atoms with Crippen LogP contribution in [0.2, 0.25) is 0 Å². The van der Waals surface area contributed by atoms with Crippen LogP contribution in [0.25, 0.3) is 0 Å². The van der Waals surface area contributed by atoms with Crippen molar-refractivity contribution in [1.82, 2.24) is 5.32 Å². The van der Waals surface area contributed by atoms with E-state index in [1.165, 1.54) is 6.92 Å². The first-order valence-corrected chi connectivity index (χ1v) is 8.33. The highest BCUT2D eigenvalue weighted by Gasteiger charge is 2.46. The number of hydrogen-bond donors (Lipinski definition) is 2. The zero-order valence-electron chi connectivity index (χ0n) is 14.3. The van der Waals surface area contributed by atoms with Crippen LogP contribution in [0, 0.1) is 17.8 Å². The number of imide groups is 1. The van der Waals surface area contributed by atoms with E-state index in [1.54, 1.807) is 13.8 Å². The molecule has 0 unspecified atom stereocenters. The maximum atomic E-state index is 12.5. The maximum Gasteiger partial charge on any atom is 0.303 e. The van der Waals surface area contributed by atoms with Crippen molar-refractivity contribution in [2.75, 3.05) is 0 Å². The predicted octanol–water partition coefficient (Wildman–Crippen LogP) is 0.727. The zero-order chi connectivity index (χ0) is 18.1. The number of esters is 1. The maximum absolute atomic E-state index is 12.5. The second-order valence-electron chi connectivity index (χ2n) is 7.41. The Balaban J connectivity index is 2.07. The molecule has 2 fully saturated rings. The van der Waals surface area contributed by atoms with Gasteiger partial charge in [-0.25, -0.2) is 0 Å². The molecule has 1 saturated heterocycles. The summed E-state index contributed by atoms with van der Waals surface area (Å²) in [5.74, 6) is -2.42. The second-order valence-corrected chi connectivity index (χ2v) is 7.41. The average molecular weight is 339 g/mol. The fraction of sp³-hybridized carbons (Fsp3) is 0.765. The molecule has 134 valence electrons. The lowest BCUT2D eigenvalue weighted by Gasteiger charge is -2.41. The minimum Gasteiger partial charge on any atom is -0.460 e. The quantitative estimate of drug-likeness (QED) is 0.577. The first-order chi connectivity index (χ1) is 11.1. The molecule has 2 aliphatic rings. The van der Waals surface area contributed by atoms with Crippen LogP contribution in [-0.2, 0) is 23.9 Å². The Labute approximate surface area is 141 Å². The molecule has 2 amide bonds. The summed E-state index contributed by atoms with van der Waals surface area (Å²) in [5, 5.41) is 12.8. The lowest BCUT2D eigenvalue weighted by Crippen LogP contribution is -2.49. The molecule has 0 aromatic heterocycles. The number of carbonyl (C=O) groups excluding carboxylic acids is 4. The molecule has 0 radical (unpaired) electrons. The van der Waals surface area contributed by atoms with Crippen molar-refractivity contribution in [3.63, 3.8) is 0 Å². The molecule has 1 heterocycles. The van der Waals surface area contributed by atoms with E-state index in [0.717, 1.165) is 0 Å².